The standard InChI is InChI=1S/C13H23N3O4S2/c1-20-10-9-14-7-8-15-13(17)12-4-3-11(21-12)5-6-16-22(2,18)19/h3-4,14,16H,5-10H2,1-2H3,(H,15,17). The van der Waals surface area contributed by atoms with Crippen LogP contribution in [0.1, 0.15) is 14.5 Å². The van der Waals surface area contributed by atoms with Gasteiger partial charge in [0.05, 0.1) is 17.7 Å². The van der Waals surface area contributed by atoms with Crippen molar-refractivity contribution in [3.05, 3.63) is 21.9 Å². The molecule has 0 saturated carbocycles. The number of rotatable bonds is 11. The Morgan fingerprint density at radius 1 is 1.23 bits per heavy atom. The van der Waals surface area contributed by atoms with Crippen molar-refractivity contribution in [2.75, 3.05) is 46.2 Å². The van der Waals surface area contributed by atoms with Gasteiger partial charge in [-0.3, -0.25) is 4.79 Å². The number of amides is 1. The average Bonchev–Trinajstić information content (AvgIpc) is 2.90. The summed E-state index contributed by atoms with van der Waals surface area (Å²) in [6.07, 6.45) is 1.70. The van der Waals surface area contributed by atoms with Gasteiger partial charge in [-0.2, -0.15) is 0 Å². The van der Waals surface area contributed by atoms with Crippen molar-refractivity contribution in [3.8, 4) is 0 Å². The molecule has 126 valence electrons. The first-order valence-electron chi connectivity index (χ1n) is 6.93. The van der Waals surface area contributed by atoms with Crippen LogP contribution in [0, 0.1) is 0 Å². The lowest BCUT2D eigenvalue weighted by molar-refractivity contribution is 0.0957. The first kappa shape index (κ1) is 19.0. The van der Waals surface area contributed by atoms with E-state index >= 15 is 0 Å². The molecular formula is C13H23N3O4S2. The number of methoxy groups -OCH3 is 1. The zero-order valence-electron chi connectivity index (χ0n) is 12.8. The van der Waals surface area contributed by atoms with Crippen LogP contribution in [0.4, 0.5) is 0 Å². The van der Waals surface area contributed by atoms with Gasteiger partial charge in [0.2, 0.25) is 10.0 Å². The Labute approximate surface area is 135 Å². The summed E-state index contributed by atoms with van der Waals surface area (Å²) in [6.45, 7) is 2.97. The number of ether oxygens (including phenoxy) is 1. The molecule has 3 N–H and O–H groups in total. The number of thiophene rings is 1. The molecule has 1 aromatic heterocycles. The molecule has 0 aromatic carbocycles. The molecule has 22 heavy (non-hydrogen) atoms. The maximum Gasteiger partial charge on any atom is 0.261 e. The van der Waals surface area contributed by atoms with E-state index in [0.29, 0.717) is 37.5 Å². The Kier molecular flexibility index (Phi) is 8.57. The molecule has 1 rings (SSSR count). The van der Waals surface area contributed by atoms with Crippen LogP contribution in [0.15, 0.2) is 12.1 Å². The van der Waals surface area contributed by atoms with Crippen LogP contribution in [0.5, 0.6) is 0 Å². The smallest absolute Gasteiger partial charge is 0.261 e. The highest BCUT2D eigenvalue weighted by Gasteiger charge is 2.09. The predicted molar refractivity (Wildman–Crippen MR) is 87.9 cm³/mol. The van der Waals surface area contributed by atoms with Gasteiger partial charge < -0.3 is 15.4 Å². The van der Waals surface area contributed by atoms with Gasteiger partial charge in [-0.25, -0.2) is 13.1 Å². The molecule has 0 atom stereocenters. The third-order valence-electron chi connectivity index (χ3n) is 2.69. The fourth-order valence-electron chi connectivity index (χ4n) is 1.64. The van der Waals surface area contributed by atoms with Crippen LogP contribution in [-0.4, -0.2) is 60.5 Å². The maximum atomic E-state index is 11.9. The van der Waals surface area contributed by atoms with Gasteiger partial charge in [0.15, 0.2) is 0 Å². The number of sulfonamides is 1. The molecule has 0 saturated heterocycles. The van der Waals surface area contributed by atoms with E-state index in [9.17, 15) is 13.2 Å². The van der Waals surface area contributed by atoms with E-state index in [0.717, 1.165) is 17.7 Å². The fourth-order valence-corrected chi connectivity index (χ4v) is 3.04. The Morgan fingerprint density at radius 2 is 2.00 bits per heavy atom. The summed E-state index contributed by atoms with van der Waals surface area (Å²) in [5.74, 6) is -0.110. The van der Waals surface area contributed by atoms with Crippen LogP contribution >= 0.6 is 11.3 Å². The zero-order valence-corrected chi connectivity index (χ0v) is 14.5. The van der Waals surface area contributed by atoms with Gasteiger partial charge in [-0.05, 0) is 18.6 Å². The molecule has 0 spiro atoms. The van der Waals surface area contributed by atoms with E-state index in [2.05, 4.69) is 15.4 Å². The maximum absolute atomic E-state index is 11.9. The van der Waals surface area contributed by atoms with Gasteiger partial charge in [0.25, 0.3) is 5.91 Å². The van der Waals surface area contributed by atoms with E-state index in [4.69, 9.17) is 4.74 Å². The minimum Gasteiger partial charge on any atom is -0.383 e. The summed E-state index contributed by atoms with van der Waals surface area (Å²) in [6, 6.07) is 3.61. The van der Waals surface area contributed by atoms with Gasteiger partial charge in [-0.1, -0.05) is 0 Å². The summed E-state index contributed by atoms with van der Waals surface area (Å²) in [5.41, 5.74) is 0. The van der Waals surface area contributed by atoms with Gasteiger partial charge in [0.1, 0.15) is 0 Å². The second-order valence-corrected chi connectivity index (χ2v) is 7.68. The molecule has 1 aromatic rings. The van der Waals surface area contributed by atoms with Crippen molar-refractivity contribution in [2.24, 2.45) is 0 Å². The normalized spacial score (nSPS) is 11.5. The highest BCUT2D eigenvalue weighted by Crippen LogP contribution is 2.16. The quantitative estimate of drug-likeness (QED) is 0.481. The van der Waals surface area contributed by atoms with Crippen LogP contribution in [0.25, 0.3) is 0 Å². The molecule has 1 amide bonds. The SMILES string of the molecule is COCCNCCNC(=O)c1ccc(CCNS(C)(=O)=O)s1. The highest BCUT2D eigenvalue weighted by atomic mass is 32.2. The second kappa shape index (κ2) is 9.90. The third-order valence-corrected chi connectivity index (χ3v) is 4.56. The minimum atomic E-state index is -3.17. The van der Waals surface area contributed by atoms with E-state index in [-0.39, 0.29) is 5.91 Å². The molecule has 0 aliphatic heterocycles. The number of nitrogens with one attached hydrogen (secondary N) is 3. The zero-order chi connectivity index (χ0) is 16.4. The molecule has 0 aliphatic rings. The summed E-state index contributed by atoms with van der Waals surface area (Å²) in [5, 5.41) is 5.97. The molecule has 0 bridgehead atoms. The average molecular weight is 349 g/mol. The largest absolute Gasteiger partial charge is 0.383 e. The molecule has 9 heteroatoms. The topological polar surface area (TPSA) is 96.5 Å². The van der Waals surface area contributed by atoms with Crippen molar-refractivity contribution < 1.29 is 17.9 Å². The third kappa shape index (κ3) is 8.44. The lowest BCUT2D eigenvalue weighted by Crippen LogP contribution is -2.32. The number of hydrogen-bond donors (Lipinski definition) is 3. The van der Waals surface area contributed by atoms with Crippen molar-refractivity contribution in [3.63, 3.8) is 0 Å². The molecule has 1 heterocycles. The molecule has 0 unspecified atom stereocenters. The second-order valence-electron chi connectivity index (χ2n) is 4.68. The van der Waals surface area contributed by atoms with Crippen LogP contribution in [0.3, 0.4) is 0 Å². The lowest BCUT2D eigenvalue weighted by Gasteiger charge is -2.05. The number of hydrogen-bond acceptors (Lipinski definition) is 6. The first-order valence-corrected chi connectivity index (χ1v) is 9.64. The van der Waals surface area contributed by atoms with E-state index in [1.54, 1.807) is 13.2 Å². The monoisotopic (exact) mass is 349 g/mol. The van der Waals surface area contributed by atoms with Crippen molar-refractivity contribution in [1.82, 2.24) is 15.4 Å². The molecule has 0 fully saturated rings. The van der Waals surface area contributed by atoms with Crippen molar-refractivity contribution >= 4 is 27.3 Å². The highest BCUT2D eigenvalue weighted by molar-refractivity contribution is 7.88. The Hall–Kier alpha value is -1.00. The van der Waals surface area contributed by atoms with Crippen LogP contribution < -0.4 is 15.4 Å². The summed E-state index contributed by atoms with van der Waals surface area (Å²) < 4.78 is 29.3. The van der Waals surface area contributed by atoms with Gasteiger partial charge in [0, 0.05) is 38.2 Å². The van der Waals surface area contributed by atoms with E-state index in [1.807, 2.05) is 6.07 Å². The van der Waals surface area contributed by atoms with Crippen LogP contribution in [0.2, 0.25) is 0 Å². The summed E-state index contributed by atoms with van der Waals surface area (Å²) >= 11 is 1.38. The van der Waals surface area contributed by atoms with Gasteiger partial charge in [-0.15, -0.1) is 11.3 Å². The summed E-state index contributed by atoms with van der Waals surface area (Å²) in [4.78, 5) is 13.5. The van der Waals surface area contributed by atoms with E-state index in [1.165, 1.54) is 11.3 Å². The van der Waals surface area contributed by atoms with Gasteiger partial charge >= 0.3 is 0 Å². The lowest BCUT2D eigenvalue weighted by atomic mass is 10.3. The minimum absolute atomic E-state index is 0.110. The number of carbonyl (C=O) groups is 1. The fraction of sp³-hybridized carbons (Fsp3) is 0.615. The summed E-state index contributed by atoms with van der Waals surface area (Å²) in [7, 11) is -1.52. The van der Waals surface area contributed by atoms with Crippen LogP contribution in [-0.2, 0) is 21.2 Å². The van der Waals surface area contributed by atoms with E-state index < -0.39 is 10.0 Å². The molecular weight excluding hydrogens is 326 g/mol. The molecule has 0 aliphatic carbocycles. The molecule has 0 radical (unpaired) electrons. The predicted octanol–water partition coefficient (Wildman–Crippen LogP) is -0.194. The Balaban J connectivity index is 2.26. The van der Waals surface area contributed by atoms with Crippen molar-refractivity contribution in [1.29, 1.82) is 0 Å². The van der Waals surface area contributed by atoms with Crippen molar-refractivity contribution in [2.45, 2.75) is 6.42 Å². The number of carbonyl (C=O) groups excluding carboxylic acids is 1. The Bertz CT molecular complexity index is 557. The molecule has 7 nitrogen and oxygen atoms in total. The first-order chi connectivity index (χ1) is 10.4. The Morgan fingerprint density at radius 3 is 2.68 bits per heavy atom.